The van der Waals surface area contributed by atoms with E-state index in [0.29, 0.717) is 11.5 Å². The van der Waals surface area contributed by atoms with Crippen LogP contribution < -0.4 is 9.47 Å². The van der Waals surface area contributed by atoms with Crippen molar-refractivity contribution < 1.29 is 14.3 Å². The Hall–Kier alpha value is -1.97. The van der Waals surface area contributed by atoms with Gasteiger partial charge < -0.3 is 14.4 Å². The second kappa shape index (κ2) is 9.06. The van der Waals surface area contributed by atoms with Crippen molar-refractivity contribution in [3.05, 3.63) is 29.8 Å². The quantitative estimate of drug-likeness (QED) is 0.689. The molecule has 0 fully saturated rings. The number of methoxy groups -OCH3 is 2. The summed E-state index contributed by atoms with van der Waals surface area (Å²) in [6.45, 7) is 5.66. The van der Waals surface area contributed by atoms with Gasteiger partial charge in [0.25, 0.3) is 0 Å². The Morgan fingerprint density at radius 3 is 2.48 bits per heavy atom. The van der Waals surface area contributed by atoms with E-state index in [0.717, 1.165) is 31.5 Å². The molecule has 116 valence electrons. The summed E-state index contributed by atoms with van der Waals surface area (Å²) in [5.74, 6) is 1.38. The molecule has 4 heteroatoms. The van der Waals surface area contributed by atoms with Crippen LogP contribution in [0.5, 0.6) is 11.5 Å². The summed E-state index contributed by atoms with van der Waals surface area (Å²) in [5, 5.41) is 0. The van der Waals surface area contributed by atoms with E-state index in [1.54, 1.807) is 26.4 Å². The molecule has 0 aliphatic heterocycles. The highest BCUT2D eigenvalue weighted by Gasteiger charge is 2.07. The molecule has 1 aromatic rings. The number of ether oxygens (including phenoxy) is 2. The highest BCUT2D eigenvalue weighted by molar-refractivity contribution is 5.91. The largest absolute Gasteiger partial charge is 0.493 e. The number of rotatable bonds is 8. The number of likely N-dealkylation sites (N-methyl/N-ethyl adjacent to an activating group) is 1. The minimum absolute atomic E-state index is 0.0423. The van der Waals surface area contributed by atoms with E-state index in [9.17, 15) is 4.79 Å². The first kappa shape index (κ1) is 17.1. The van der Waals surface area contributed by atoms with Gasteiger partial charge >= 0.3 is 0 Å². The van der Waals surface area contributed by atoms with Crippen molar-refractivity contribution in [1.29, 1.82) is 0 Å². The maximum Gasteiger partial charge on any atom is 0.246 e. The fourth-order valence-corrected chi connectivity index (χ4v) is 2.00. The summed E-state index contributed by atoms with van der Waals surface area (Å²) >= 11 is 0. The number of carbonyl (C=O) groups is 1. The molecule has 0 saturated heterocycles. The minimum atomic E-state index is 0.0423. The first-order chi connectivity index (χ1) is 10.2. The van der Waals surface area contributed by atoms with Gasteiger partial charge in [-0.15, -0.1) is 0 Å². The van der Waals surface area contributed by atoms with Crippen LogP contribution >= 0.6 is 0 Å². The zero-order valence-corrected chi connectivity index (χ0v) is 13.4. The zero-order valence-electron chi connectivity index (χ0n) is 13.4. The Morgan fingerprint density at radius 2 is 1.90 bits per heavy atom. The van der Waals surface area contributed by atoms with E-state index < -0.39 is 0 Å². The third-order valence-electron chi connectivity index (χ3n) is 3.30. The van der Waals surface area contributed by atoms with Gasteiger partial charge in [0.1, 0.15) is 0 Å². The van der Waals surface area contributed by atoms with E-state index >= 15 is 0 Å². The van der Waals surface area contributed by atoms with Crippen molar-refractivity contribution in [2.24, 2.45) is 0 Å². The molecule has 0 bridgehead atoms. The van der Waals surface area contributed by atoms with Crippen molar-refractivity contribution in [2.45, 2.75) is 26.7 Å². The standard InChI is InChI=1S/C17H25NO3/c1-5-7-12-18(6-2)17(19)11-9-14-8-10-15(20-3)16(13-14)21-4/h8-11,13H,5-7,12H2,1-4H3. The summed E-state index contributed by atoms with van der Waals surface area (Å²) < 4.78 is 10.4. The van der Waals surface area contributed by atoms with Crippen molar-refractivity contribution in [1.82, 2.24) is 4.90 Å². The van der Waals surface area contributed by atoms with Gasteiger partial charge in [0, 0.05) is 19.2 Å². The van der Waals surface area contributed by atoms with Crippen LogP contribution in [0.15, 0.2) is 24.3 Å². The maximum absolute atomic E-state index is 12.1. The second-order valence-corrected chi connectivity index (χ2v) is 4.72. The lowest BCUT2D eigenvalue weighted by atomic mass is 10.2. The van der Waals surface area contributed by atoms with E-state index in [4.69, 9.17) is 9.47 Å². The Balaban J connectivity index is 2.77. The van der Waals surface area contributed by atoms with E-state index in [1.807, 2.05) is 30.0 Å². The molecule has 0 aliphatic rings. The Morgan fingerprint density at radius 1 is 1.19 bits per heavy atom. The molecule has 1 rings (SSSR count). The average Bonchev–Trinajstić information content (AvgIpc) is 2.53. The zero-order chi connectivity index (χ0) is 15.7. The van der Waals surface area contributed by atoms with Crippen molar-refractivity contribution in [3.63, 3.8) is 0 Å². The summed E-state index contributed by atoms with van der Waals surface area (Å²) in [4.78, 5) is 14.0. The maximum atomic E-state index is 12.1. The van der Waals surface area contributed by atoms with Gasteiger partial charge in [0.05, 0.1) is 14.2 Å². The lowest BCUT2D eigenvalue weighted by Gasteiger charge is -2.18. The van der Waals surface area contributed by atoms with Gasteiger partial charge in [0.15, 0.2) is 11.5 Å². The van der Waals surface area contributed by atoms with Crippen LogP contribution in [0.1, 0.15) is 32.3 Å². The predicted octanol–water partition coefficient (Wildman–Crippen LogP) is 3.37. The van der Waals surface area contributed by atoms with E-state index in [2.05, 4.69) is 6.92 Å². The second-order valence-electron chi connectivity index (χ2n) is 4.72. The third-order valence-corrected chi connectivity index (χ3v) is 3.30. The highest BCUT2D eigenvalue weighted by atomic mass is 16.5. The lowest BCUT2D eigenvalue weighted by molar-refractivity contribution is -0.125. The molecule has 0 atom stereocenters. The molecule has 0 spiro atoms. The third kappa shape index (κ3) is 5.14. The molecule has 4 nitrogen and oxygen atoms in total. The molecule has 21 heavy (non-hydrogen) atoms. The molecule has 0 saturated carbocycles. The van der Waals surface area contributed by atoms with Crippen LogP contribution in [0.2, 0.25) is 0 Å². The lowest BCUT2D eigenvalue weighted by Crippen LogP contribution is -2.30. The monoisotopic (exact) mass is 291 g/mol. The minimum Gasteiger partial charge on any atom is -0.493 e. The van der Waals surface area contributed by atoms with Crippen LogP contribution in [-0.2, 0) is 4.79 Å². The first-order valence-corrected chi connectivity index (χ1v) is 7.35. The topological polar surface area (TPSA) is 38.8 Å². The van der Waals surface area contributed by atoms with Crippen molar-refractivity contribution in [3.8, 4) is 11.5 Å². The number of amides is 1. The number of hydrogen-bond donors (Lipinski definition) is 0. The van der Waals surface area contributed by atoms with Gasteiger partial charge in [-0.05, 0) is 37.1 Å². The predicted molar refractivity (Wildman–Crippen MR) is 85.7 cm³/mol. The number of benzene rings is 1. The molecule has 1 amide bonds. The molecular weight excluding hydrogens is 266 g/mol. The molecule has 0 heterocycles. The number of hydrogen-bond acceptors (Lipinski definition) is 3. The van der Waals surface area contributed by atoms with Crippen LogP contribution in [0.3, 0.4) is 0 Å². The van der Waals surface area contributed by atoms with E-state index in [1.165, 1.54) is 0 Å². The van der Waals surface area contributed by atoms with Gasteiger partial charge in [-0.1, -0.05) is 19.4 Å². The Labute approximate surface area is 127 Å². The molecule has 0 unspecified atom stereocenters. The first-order valence-electron chi connectivity index (χ1n) is 7.35. The molecule has 1 aromatic carbocycles. The summed E-state index contributed by atoms with van der Waals surface area (Å²) in [6.07, 6.45) is 5.53. The van der Waals surface area contributed by atoms with Crippen LogP contribution in [0, 0.1) is 0 Å². The highest BCUT2D eigenvalue weighted by Crippen LogP contribution is 2.27. The number of carbonyl (C=O) groups excluding carboxylic acids is 1. The molecular formula is C17H25NO3. The average molecular weight is 291 g/mol. The summed E-state index contributed by atoms with van der Waals surface area (Å²) in [6, 6.07) is 5.58. The van der Waals surface area contributed by atoms with Gasteiger partial charge in [-0.2, -0.15) is 0 Å². The molecule has 0 aromatic heterocycles. The number of unbranched alkanes of at least 4 members (excludes halogenated alkanes) is 1. The van der Waals surface area contributed by atoms with Crippen molar-refractivity contribution in [2.75, 3.05) is 27.3 Å². The fourth-order valence-electron chi connectivity index (χ4n) is 2.00. The Kier molecular flexibility index (Phi) is 7.37. The smallest absolute Gasteiger partial charge is 0.246 e. The molecule has 0 radical (unpaired) electrons. The normalized spacial score (nSPS) is 10.7. The van der Waals surface area contributed by atoms with Gasteiger partial charge in [-0.25, -0.2) is 0 Å². The molecule has 0 N–H and O–H groups in total. The SMILES string of the molecule is CCCCN(CC)C(=O)C=Cc1ccc(OC)c(OC)c1. The Bertz CT molecular complexity index is 483. The fraction of sp³-hybridized carbons (Fsp3) is 0.471. The van der Waals surface area contributed by atoms with Crippen LogP contribution in [0.25, 0.3) is 6.08 Å². The molecule has 0 aliphatic carbocycles. The van der Waals surface area contributed by atoms with Crippen LogP contribution in [0.4, 0.5) is 0 Å². The van der Waals surface area contributed by atoms with Gasteiger partial charge in [0.2, 0.25) is 5.91 Å². The van der Waals surface area contributed by atoms with Gasteiger partial charge in [-0.3, -0.25) is 4.79 Å². The van der Waals surface area contributed by atoms with Crippen molar-refractivity contribution >= 4 is 12.0 Å². The van der Waals surface area contributed by atoms with E-state index in [-0.39, 0.29) is 5.91 Å². The summed E-state index contributed by atoms with van der Waals surface area (Å²) in [7, 11) is 3.20. The number of nitrogens with zero attached hydrogens (tertiary/aromatic N) is 1. The summed E-state index contributed by atoms with van der Waals surface area (Å²) in [5.41, 5.74) is 0.910. The van der Waals surface area contributed by atoms with Crippen LogP contribution in [-0.4, -0.2) is 38.1 Å².